The Kier molecular flexibility index (Phi) is 4.34. The average molecular weight is 265 g/mol. The number of hydrogen-bond donors (Lipinski definition) is 3. The molecule has 19 heavy (non-hydrogen) atoms. The van der Waals surface area contributed by atoms with Crippen LogP contribution in [0.3, 0.4) is 0 Å². The van der Waals surface area contributed by atoms with E-state index in [0.29, 0.717) is 24.5 Å². The highest BCUT2D eigenvalue weighted by Gasteiger charge is 2.28. The summed E-state index contributed by atoms with van der Waals surface area (Å²) in [5.74, 6) is 0.225. The molecular formula is C13H19N3O3. The quantitative estimate of drug-likeness (QED) is 0.739. The van der Waals surface area contributed by atoms with Crippen LogP contribution in [0.15, 0.2) is 18.3 Å². The molecule has 3 N–H and O–H groups in total. The summed E-state index contributed by atoms with van der Waals surface area (Å²) in [7, 11) is 0. The summed E-state index contributed by atoms with van der Waals surface area (Å²) in [6.45, 7) is 4.24. The maximum absolute atomic E-state index is 12.0. The summed E-state index contributed by atoms with van der Waals surface area (Å²) in [4.78, 5) is 16.1. The molecule has 0 bridgehead atoms. The number of pyridine rings is 1. The summed E-state index contributed by atoms with van der Waals surface area (Å²) >= 11 is 0. The molecule has 6 heteroatoms. The van der Waals surface area contributed by atoms with Gasteiger partial charge in [0.2, 0.25) is 11.8 Å². The van der Waals surface area contributed by atoms with Crippen molar-refractivity contribution < 1.29 is 14.6 Å². The number of aliphatic hydroxyl groups is 1. The van der Waals surface area contributed by atoms with Crippen LogP contribution in [0.4, 0.5) is 5.69 Å². The second-order valence-electron chi connectivity index (χ2n) is 4.86. The zero-order chi connectivity index (χ0) is 13.8. The molecule has 0 saturated carbocycles. The van der Waals surface area contributed by atoms with Gasteiger partial charge in [-0.15, -0.1) is 0 Å². The Bertz CT molecular complexity index is 451. The van der Waals surface area contributed by atoms with Crippen LogP contribution in [0.25, 0.3) is 0 Å². The summed E-state index contributed by atoms with van der Waals surface area (Å²) < 4.78 is 5.53. The third-order valence-corrected chi connectivity index (χ3v) is 2.80. The molecule has 1 amide bonds. The third kappa shape index (κ3) is 3.65. The molecule has 1 fully saturated rings. The van der Waals surface area contributed by atoms with Gasteiger partial charge >= 0.3 is 0 Å². The van der Waals surface area contributed by atoms with E-state index in [4.69, 9.17) is 4.74 Å². The molecule has 2 unspecified atom stereocenters. The van der Waals surface area contributed by atoms with Crippen LogP contribution in [-0.2, 0) is 4.79 Å². The summed E-state index contributed by atoms with van der Waals surface area (Å²) in [6, 6.07) is 3.11. The topological polar surface area (TPSA) is 83.5 Å². The smallest absolute Gasteiger partial charge is 0.241 e. The van der Waals surface area contributed by atoms with E-state index in [0.717, 1.165) is 0 Å². The molecule has 0 aromatic carbocycles. The van der Waals surface area contributed by atoms with E-state index >= 15 is 0 Å². The number of carbonyl (C=O) groups excluding carboxylic acids is 1. The number of ether oxygens (including phenoxy) is 1. The molecule has 1 saturated heterocycles. The predicted molar refractivity (Wildman–Crippen MR) is 71.0 cm³/mol. The first-order valence-corrected chi connectivity index (χ1v) is 6.40. The average Bonchev–Trinajstić information content (AvgIpc) is 2.78. The van der Waals surface area contributed by atoms with Crippen molar-refractivity contribution in [2.75, 3.05) is 11.9 Å². The first-order chi connectivity index (χ1) is 9.06. The van der Waals surface area contributed by atoms with E-state index in [9.17, 15) is 9.90 Å². The van der Waals surface area contributed by atoms with Gasteiger partial charge in [-0.1, -0.05) is 0 Å². The Hall–Kier alpha value is -1.66. The molecular weight excluding hydrogens is 246 g/mol. The molecule has 2 heterocycles. The minimum atomic E-state index is -0.462. The zero-order valence-corrected chi connectivity index (χ0v) is 11.1. The standard InChI is InChI=1S/C13H19N3O3/c1-8(2)19-13-10(4-3-5-14-13)16-12(18)11-6-9(17)7-15-11/h3-5,8-9,11,15,17H,6-7H2,1-2H3,(H,16,18). The number of aromatic nitrogens is 1. The van der Waals surface area contributed by atoms with Gasteiger partial charge in [0, 0.05) is 12.7 Å². The predicted octanol–water partition coefficient (Wildman–Crippen LogP) is 0.530. The van der Waals surface area contributed by atoms with Gasteiger partial charge in [-0.3, -0.25) is 4.79 Å². The van der Waals surface area contributed by atoms with Crippen molar-refractivity contribution in [3.8, 4) is 5.88 Å². The Morgan fingerprint density at radius 2 is 2.42 bits per heavy atom. The van der Waals surface area contributed by atoms with Gasteiger partial charge in [0.15, 0.2) is 0 Å². The molecule has 1 aliphatic rings. The van der Waals surface area contributed by atoms with Gasteiger partial charge in [0.05, 0.1) is 18.2 Å². The first-order valence-electron chi connectivity index (χ1n) is 6.40. The number of β-amino-alcohol motifs (C(OH)–C–C–N with tert-alkyl or cyclic N) is 1. The van der Waals surface area contributed by atoms with Crippen molar-refractivity contribution in [2.24, 2.45) is 0 Å². The van der Waals surface area contributed by atoms with Crippen LogP contribution < -0.4 is 15.4 Å². The molecule has 0 aliphatic carbocycles. The van der Waals surface area contributed by atoms with Gasteiger partial charge in [-0.25, -0.2) is 4.98 Å². The number of hydrogen-bond acceptors (Lipinski definition) is 5. The van der Waals surface area contributed by atoms with Crippen LogP contribution in [0.5, 0.6) is 5.88 Å². The number of amides is 1. The number of rotatable bonds is 4. The number of carbonyl (C=O) groups is 1. The third-order valence-electron chi connectivity index (χ3n) is 2.80. The zero-order valence-electron chi connectivity index (χ0n) is 11.1. The molecule has 2 atom stereocenters. The van der Waals surface area contributed by atoms with Crippen LogP contribution in [0.1, 0.15) is 20.3 Å². The molecule has 2 rings (SSSR count). The minimum absolute atomic E-state index is 0.0167. The van der Waals surface area contributed by atoms with Crippen molar-refractivity contribution >= 4 is 11.6 Å². The normalized spacial score (nSPS) is 22.5. The van der Waals surface area contributed by atoms with E-state index < -0.39 is 6.10 Å². The first kappa shape index (κ1) is 13.8. The monoisotopic (exact) mass is 265 g/mol. The maximum atomic E-state index is 12.0. The lowest BCUT2D eigenvalue weighted by Crippen LogP contribution is -2.35. The lowest BCUT2D eigenvalue weighted by atomic mass is 10.2. The van der Waals surface area contributed by atoms with Gasteiger partial charge in [0.25, 0.3) is 0 Å². The van der Waals surface area contributed by atoms with Crippen molar-refractivity contribution in [1.82, 2.24) is 10.3 Å². The van der Waals surface area contributed by atoms with Gasteiger partial charge in [0.1, 0.15) is 5.69 Å². The molecule has 1 aromatic rings. The van der Waals surface area contributed by atoms with Crippen LogP contribution in [-0.4, -0.2) is 40.8 Å². The molecule has 1 aromatic heterocycles. The lowest BCUT2D eigenvalue weighted by molar-refractivity contribution is -0.118. The number of nitrogens with zero attached hydrogens (tertiary/aromatic N) is 1. The summed E-state index contributed by atoms with van der Waals surface area (Å²) in [5, 5.41) is 15.2. The summed E-state index contributed by atoms with van der Waals surface area (Å²) in [6.07, 6.45) is 1.56. The Labute approximate surface area is 112 Å². The van der Waals surface area contributed by atoms with Crippen LogP contribution in [0.2, 0.25) is 0 Å². The van der Waals surface area contributed by atoms with Gasteiger partial charge < -0.3 is 20.5 Å². The molecule has 0 radical (unpaired) electrons. The fourth-order valence-electron chi connectivity index (χ4n) is 1.94. The molecule has 6 nitrogen and oxygen atoms in total. The Morgan fingerprint density at radius 3 is 3.05 bits per heavy atom. The highest BCUT2D eigenvalue weighted by Crippen LogP contribution is 2.22. The maximum Gasteiger partial charge on any atom is 0.241 e. The molecule has 1 aliphatic heterocycles. The van der Waals surface area contributed by atoms with E-state index in [1.807, 2.05) is 13.8 Å². The Balaban J connectivity index is 2.04. The van der Waals surface area contributed by atoms with E-state index in [2.05, 4.69) is 15.6 Å². The van der Waals surface area contributed by atoms with E-state index in [-0.39, 0.29) is 18.1 Å². The van der Waals surface area contributed by atoms with Crippen LogP contribution in [0, 0.1) is 0 Å². The van der Waals surface area contributed by atoms with Crippen molar-refractivity contribution in [3.63, 3.8) is 0 Å². The lowest BCUT2D eigenvalue weighted by Gasteiger charge is -2.15. The fraction of sp³-hybridized carbons (Fsp3) is 0.538. The van der Waals surface area contributed by atoms with E-state index in [1.54, 1.807) is 18.3 Å². The van der Waals surface area contributed by atoms with Gasteiger partial charge in [-0.2, -0.15) is 0 Å². The second-order valence-corrected chi connectivity index (χ2v) is 4.86. The SMILES string of the molecule is CC(C)Oc1ncccc1NC(=O)C1CC(O)CN1. The summed E-state index contributed by atoms with van der Waals surface area (Å²) in [5.41, 5.74) is 0.546. The second kappa shape index (κ2) is 5.99. The number of aliphatic hydroxyl groups excluding tert-OH is 1. The van der Waals surface area contributed by atoms with Crippen LogP contribution >= 0.6 is 0 Å². The Morgan fingerprint density at radius 1 is 1.63 bits per heavy atom. The van der Waals surface area contributed by atoms with E-state index in [1.165, 1.54) is 0 Å². The largest absolute Gasteiger partial charge is 0.473 e. The number of anilines is 1. The number of nitrogens with one attached hydrogen (secondary N) is 2. The van der Waals surface area contributed by atoms with Crippen molar-refractivity contribution in [3.05, 3.63) is 18.3 Å². The molecule has 0 spiro atoms. The van der Waals surface area contributed by atoms with Crippen molar-refractivity contribution in [1.29, 1.82) is 0 Å². The highest BCUT2D eigenvalue weighted by atomic mass is 16.5. The van der Waals surface area contributed by atoms with Crippen molar-refractivity contribution in [2.45, 2.75) is 38.5 Å². The minimum Gasteiger partial charge on any atom is -0.473 e. The molecule has 104 valence electrons. The fourth-order valence-corrected chi connectivity index (χ4v) is 1.94. The van der Waals surface area contributed by atoms with Gasteiger partial charge in [-0.05, 0) is 32.4 Å². The highest BCUT2D eigenvalue weighted by molar-refractivity contribution is 5.96.